The summed E-state index contributed by atoms with van der Waals surface area (Å²) in [5, 5.41) is 3.29. The monoisotopic (exact) mass is 431 g/mol. The summed E-state index contributed by atoms with van der Waals surface area (Å²) in [7, 11) is 0. The van der Waals surface area contributed by atoms with Gasteiger partial charge in [-0.25, -0.2) is 4.99 Å². The molecular weight excluding hydrogens is 410 g/mol. The molecule has 0 amide bonds. The lowest BCUT2D eigenvalue weighted by atomic mass is 9.98. The number of nitrogens with one attached hydrogen (secondary N) is 1. The smallest absolute Gasteiger partial charge is 0.230 e. The molecule has 5 rings (SSSR count). The maximum atomic E-state index is 6.83. The highest BCUT2D eigenvalue weighted by Gasteiger charge is 2.38. The molecular formula is C23H22ClN7. The van der Waals surface area contributed by atoms with Crippen LogP contribution in [0.3, 0.4) is 0 Å². The molecule has 8 heteroatoms. The van der Waals surface area contributed by atoms with Crippen LogP contribution in [0.15, 0.2) is 78.2 Å². The van der Waals surface area contributed by atoms with Crippen LogP contribution in [-0.2, 0) is 5.12 Å². The summed E-state index contributed by atoms with van der Waals surface area (Å²) in [6.45, 7) is 4.19. The molecule has 7 nitrogen and oxygen atoms in total. The fourth-order valence-corrected chi connectivity index (χ4v) is 4.04. The van der Waals surface area contributed by atoms with Gasteiger partial charge in [0.25, 0.3) is 0 Å². The summed E-state index contributed by atoms with van der Waals surface area (Å²) in [5.41, 5.74) is 14.8. The van der Waals surface area contributed by atoms with Crippen LogP contribution in [0.1, 0.15) is 31.3 Å². The highest BCUT2D eigenvalue weighted by molar-refractivity contribution is 6.25. The van der Waals surface area contributed by atoms with Crippen LogP contribution in [0.25, 0.3) is 22.4 Å². The highest BCUT2D eigenvalue weighted by atomic mass is 35.5. The minimum absolute atomic E-state index is 0.255. The Morgan fingerprint density at radius 1 is 1.03 bits per heavy atom. The van der Waals surface area contributed by atoms with Gasteiger partial charge in [0.05, 0.1) is 5.69 Å². The molecule has 0 fully saturated rings. The highest BCUT2D eigenvalue weighted by Crippen LogP contribution is 2.43. The molecule has 0 spiro atoms. The van der Waals surface area contributed by atoms with Gasteiger partial charge in [0.15, 0.2) is 5.84 Å². The first kappa shape index (κ1) is 19.5. The fourth-order valence-electron chi connectivity index (χ4n) is 3.77. The van der Waals surface area contributed by atoms with Crippen LogP contribution in [0.5, 0.6) is 0 Å². The van der Waals surface area contributed by atoms with E-state index in [2.05, 4.69) is 29.2 Å². The first-order valence-electron chi connectivity index (χ1n) is 10.1. The SMILES string of the molecule is CC(C)n1ccc(-c2cn3c(c2-c2ccccc2)C(N)(Cl)N=C(c2ccccn2)N3)n1. The summed E-state index contributed by atoms with van der Waals surface area (Å²) < 4.78 is 3.76. The molecule has 1 aliphatic rings. The van der Waals surface area contributed by atoms with Gasteiger partial charge in [-0.3, -0.25) is 25.5 Å². The van der Waals surface area contributed by atoms with E-state index in [1.54, 1.807) is 6.20 Å². The number of rotatable bonds is 4. The second-order valence-electron chi connectivity index (χ2n) is 7.74. The molecule has 156 valence electrons. The average molecular weight is 432 g/mol. The van der Waals surface area contributed by atoms with Crippen LogP contribution in [0.2, 0.25) is 0 Å². The Labute approximate surface area is 185 Å². The number of hydrogen-bond donors (Lipinski definition) is 2. The number of aromatic nitrogens is 4. The quantitative estimate of drug-likeness (QED) is 0.372. The van der Waals surface area contributed by atoms with Crippen molar-refractivity contribution in [2.75, 3.05) is 5.43 Å². The molecule has 3 aromatic heterocycles. The number of hydrogen-bond acceptors (Lipinski definition) is 5. The van der Waals surface area contributed by atoms with Crippen molar-refractivity contribution in [3.8, 4) is 22.4 Å². The van der Waals surface area contributed by atoms with E-state index >= 15 is 0 Å². The lowest BCUT2D eigenvalue weighted by Gasteiger charge is -2.29. The molecule has 31 heavy (non-hydrogen) atoms. The van der Waals surface area contributed by atoms with Gasteiger partial charge in [-0.1, -0.05) is 48.0 Å². The number of halogens is 1. The van der Waals surface area contributed by atoms with E-state index < -0.39 is 5.12 Å². The number of nitrogens with zero attached hydrogens (tertiary/aromatic N) is 5. The Balaban J connectivity index is 1.71. The van der Waals surface area contributed by atoms with Crippen LogP contribution >= 0.6 is 11.6 Å². The van der Waals surface area contributed by atoms with Crippen molar-refractivity contribution >= 4 is 17.4 Å². The number of aliphatic imine (C=N–C) groups is 1. The van der Waals surface area contributed by atoms with Crippen molar-refractivity contribution in [1.29, 1.82) is 0 Å². The van der Waals surface area contributed by atoms with Gasteiger partial charge in [-0.2, -0.15) is 5.10 Å². The Kier molecular flexibility index (Phi) is 4.64. The zero-order valence-corrected chi connectivity index (χ0v) is 18.0. The van der Waals surface area contributed by atoms with Gasteiger partial charge in [0.1, 0.15) is 11.4 Å². The van der Waals surface area contributed by atoms with Crippen LogP contribution in [0, 0.1) is 0 Å². The molecule has 0 bridgehead atoms. The number of nitrogens with two attached hydrogens (primary N) is 1. The van der Waals surface area contributed by atoms with E-state index in [1.165, 1.54) is 0 Å². The van der Waals surface area contributed by atoms with Crippen LogP contribution in [-0.4, -0.2) is 25.3 Å². The molecule has 3 N–H and O–H groups in total. The number of alkyl halides is 1. The third-order valence-electron chi connectivity index (χ3n) is 5.22. The summed E-state index contributed by atoms with van der Waals surface area (Å²) in [6.07, 6.45) is 5.65. The second kappa shape index (κ2) is 7.37. The van der Waals surface area contributed by atoms with Crippen molar-refractivity contribution in [3.63, 3.8) is 0 Å². The normalized spacial score (nSPS) is 17.9. The number of fused-ring (bicyclic) bond motifs is 1. The summed E-state index contributed by atoms with van der Waals surface area (Å²) >= 11 is 6.83. The topological polar surface area (TPSA) is 86.0 Å². The lowest BCUT2D eigenvalue weighted by Crippen LogP contribution is -2.42. The Hall–Kier alpha value is -3.42. The van der Waals surface area contributed by atoms with E-state index in [9.17, 15) is 0 Å². The van der Waals surface area contributed by atoms with E-state index in [-0.39, 0.29) is 6.04 Å². The number of pyridine rings is 1. The van der Waals surface area contributed by atoms with Crippen LogP contribution < -0.4 is 11.2 Å². The summed E-state index contributed by atoms with van der Waals surface area (Å²) in [5.74, 6) is 0.500. The largest absolute Gasteiger partial charge is 0.289 e. The van der Waals surface area contributed by atoms with Crippen molar-refractivity contribution < 1.29 is 0 Å². The van der Waals surface area contributed by atoms with Gasteiger partial charge in [-0.15, -0.1) is 0 Å². The third-order valence-corrected chi connectivity index (χ3v) is 5.49. The minimum atomic E-state index is -1.48. The summed E-state index contributed by atoms with van der Waals surface area (Å²) in [4.78, 5) is 8.96. The minimum Gasteiger partial charge on any atom is -0.289 e. The van der Waals surface area contributed by atoms with Gasteiger partial charge < -0.3 is 0 Å². The van der Waals surface area contributed by atoms with E-state index in [4.69, 9.17) is 22.4 Å². The van der Waals surface area contributed by atoms with E-state index in [0.29, 0.717) is 17.2 Å². The third kappa shape index (κ3) is 3.41. The average Bonchev–Trinajstić information content (AvgIpc) is 3.40. The van der Waals surface area contributed by atoms with E-state index in [0.717, 1.165) is 22.4 Å². The molecule has 1 unspecified atom stereocenters. The van der Waals surface area contributed by atoms with Crippen molar-refractivity contribution in [2.24, 2.45) is 10.7 Å². The first-order chi connectivity index (χ1) is 14.9. The van der Waals surface area contributed by atoms with Gasteiger partial charge in [0, 0.05) is 35.8 Å². The Morgan fingerprint density at radius 2 is 1.81 bits per heavy atom. The first-order valence-corrected chi connectivity index (χ1v) is 10.4. The standard InChI is InChI=1S/C23H22ClN7/c1-15(2)30-13-11-18(28-30)17-14-31-21(20(17)16-8-4-3-5-9-16)23(24,25)27-22(29-31)19-10-6-7-12-26-19/h3-15H,25H2,1-2H3,(H,27,29). The molecule has 0 saturated carbocycles. The predicted molar refractivity (Wildman–Crippen MR) is 123 cm³/mol. The molecule has 4 heterocycles. The Morgan fingerprint density at radius 3 is 2.48 bits per heavy atom. The van der Waals surface area contributed by atoms with Crippen LogP contribution in [0.4, 0.5) is 0 Å². The molecule has 4 aromatic rings. The van der Waals surface area contributed by atoms with Crippen molar-refractivity contribution in [3.05, 3.63) is 84.6 Å². The molecule has 0 aliphatic carbocycles. The molecule has 1 atom stereocenters. The molecule has 1 aliphatic heterocycles. The number of amidine groups is 1. The van der Waals surface area contributed by atoms with Gasteiger partial charge >= 0.3 is 0 Å². The van der Waals surface area contributed by atoms with Gasteiger partial charge in [0.2, 0.25) is 5.12 Å². The fraction of sp³-hybridized carbons (Fsp3) is 0.174. The predicted octanol–water partition coefficient (Wildman–Crippen LogP) is 4.31. The zero-order chi connectivity index (χ0) is 21.6. The molecule has 0 saturated heterocycles. The van der Waals surface area contributed by atoms with Gasteiger partial charge in [-0.05, 0) is 37.6 Å². The zero-order valence-electron chi connectivity index (χ0n) is 17.2. The van der Waals surface area contributed by atoms with Crippen molar-refractivity contribution in [1.82, 2.24) is 19.4 Å². The maximum absolute atomic E-state index is 6.83. The maximum Gasteiger partial charge on any atom is 0.230 e. The lowest BCUT2D eigenvalue weighted by molar-refractivity contribution is 0.534. The second-order valence-corrected chi connectivity index (χ2v) is 8.31. The number of benzene rings is 1. The Bertz CT molecular complexity index is 1250. The van der Waals surface area contributed by atoms with E-state index in [1.807, 2.05) is 76.3 Å². The molecule has 1 aromatic carbocycles. The molecule has 0 radical (unpaired) electrons. The summed E-state index contributed by atoms with van der Waals surface area (Å²) in [6, 6.07) is 17.9. The van der Waals surface area contributed by atoms with Crippen molar-refractivity contribution in [2.45, 2.75) is 25.0 Å².